The van der Waals surface area contributed by atoms with E-state index in [0.717, 1.165) is 13.2 Å². The molecular weight excluding hydrogens is 212 g/mol. The maximum absolute atomic E-state index is 5.25. The molecule has 3 nitrogen and oxygen atoms in total. The van der Waals surface area contributed by atoms with Crippen LogP contribution in [0.4, 0.5) is 0 Å². The molecule has 0 spiro atoms. The van der Waals surface area contributed by atoms with Crippen LogP contribution in [-0.2, 0) is 4.74 Å². The minimum atomic E-state index is 0.493. The van der Waals surface area contributed by atoms with Gasteiger partial charge in [-0.15, -0.1) is 0 Å². The number of hydrogen-bond donors (Lipinski definition) is 1. The van der Waals surface area contributed by atoms with Crippen molar-refractivity contribution < 1.29 is 4.74 Å². The van der Waals surface area contributed by atoms with Gasteiger partial charge in [0.2, 0.25) is 0 Å². The Hall–Kier alpha value is -0.120. The number of methoxy groups -OCH3 is 1. The van der Waals surface area contributed by atoms with Crippen LogP contribution in [0.1, 0.15) is 39.5 Å². The van der Waals surface area contributed by atoms with Crippen LogP contribution < -0.4 is 5.32 Å². The molecular formula is C14H30N2O. The fourth-order valence-corrected chi connectivity index (χ4v) is 2.43. The molecule has 1 fully saturated rings. The van der Waals surface area contributed by atoms with E-state index in [0.29, 0.717) is 12.0 Å². The molecule has 1 rings (SSSR count). The first-order chi connectivity index (χ1) is 8.24. The maximum Gasteiger partial charge on any atom is 0.0618 e. The van der Waals surface area contributed by atoms with Gasteiger partial charge in [0.15, 0.2) is 0 Å². The lowest BCUT2D eigenvalue weighted by molar-refractivity contribution is 0.144. The van der Waals surface area contributed by atoms with Crippen molar-refractivity contribution in [1.82, 2.24) is 10.2 Å². The second-order valence-corrected chi connectivity index (χ2v) is 5.52. The Labute approximate surface area is 107 Å². The molecule has 17 heavy (non-hydrogen) atoms. The molecule has 0 amide bonds. The van der Waals surface area contributed by atoms with Gasteiger partial charge in [-0.25, -0.2) is 0 Å². The lowest BCUT2D eigenvalue weighted by atomic mass is 10.1. The van der Waals surface area contributed by atoms with Gasteiger partial charge in [0.1, 0.15) is 0 Å². The van der Waals surface area contributed by atoms with E-state index in [9.17, 15) is 0 Å². The van der Waals surface area contributed by atoms with Crippen LogP contribution in [0.5, 0.6) is 0 Å². The first-order valence-electron chi connectivity index (χ1n) is 7.18. The van der Waals surface area contributed by atoms with Crippen molar-refractivity contribution >= 4 is 0 Å². The number of rotatable bonds is 7. The second-order valence-electron chi connectivity index (χ2n) is 5.52. The van der Waals surface area contributed by atoms with E-state index in [-0.39, 0.29) is 0 Å². The number of hydrogen-bond acceptors (Lipinski definition) is 3. The normalized spacial score (nSPS) is 20.5. The molecule has 0 bridgehead atoms. The molecule has 0 saturated carbocycles. The van der Waals surface area contributed by atoms with Gasteiger partial charge in [0.05, 0.1) is 6.61 Å². The highest BCUT2D eigenvalue weighted by Crippen LogP contribution is 2.09. The van der Waals surface area contributed by atoms with Gasteiger partial charge in [-0.3, -0.25) is 0 Å². The smallest absolute Gasteiger partial charge is 0.0618 e. The monoisotopic (exact) mass is 242 g/mol. The van der Waals surface area contributed by atoms with Crippen molar-refractivity contribution in [3.8, 4) is 0 Å². The summed E-state index contributed by atoms with van der Waals surface area (Å²) in [5.41, 5.74) is 0. The highest BCUT2D eigenvalue weighted by molar-refractivity contribution is 4.71. The third kappa shape index (κ3) is 6.39. The van der Waals surface area contributed by atoms with Gasteiger partial charge in [-0.2, -0.15) is 0 Å². The van der Waals surface area contributed by atoms with Gasteiger partial charge in [0.25, 0.3) is 0 Å². The summed E-state index contributed by atoms with van der Waals surface area (Å²) in [5, 5.41) is 3.62. The van der Waals surface area contributed by atoms with E-state index in [1.54, 1.807) is 7.11 Å². The fourth-order valence-electron chi connectivity index (χ4n) is 2.43. The van der Waals surface area contributed by atoms with Crippen LogP contribution in [0.25, 0.3) is 0 Å². The zero-order valence-electron chi connectivity index (χ0n) is 11.9. The molecule has 102 valence electrons. The van der Waals surface area contributed by atoms with E-state index in [1.807, 2.05) is 0 Å². The lowest BCUT2D eigenvalue weighted by Gasteiger charge is -2.25. The molecule has 1 saturated heterocycles. The Morgan fingerprint density at radius 2 is 1.76 bits per heavy atom. The summed E-state index contributed by atoms with van der Waals surface area (Å²) in [5.74, 6) is 0.638. The molecule has 1 aliphatic heterocycles. The van der Waals surface area contributed by atoms with E-state index in [1.165, 1.54) is 45.3 Å². The third-order valence-electron chi connectivity index (χ3n) is 3.68. The maximum atomic E-state index is 5.25. The SMILES string of the molecule is COCC(NCCN1CCCCCC1)C(C)C. The minimum Gasteiger partial charge on any atom is -0.383 e. The summed E-state index contributed by atoms with van der Waals surface area (Å²) in [7, 11) is 1.78. The lowest BCUT2D eigenvalue weighted by Crippen LogP contribution is -2.42. The zero-order chi connectivity index (χ0) is 12.5. The van der Waals surface area contributed by atoms with E-state index < -0.39 is 0 Å². The summed E-state index contributed by atoms with van der Waals surface area (Å²) in [6, 6.07) is 0.493. The summed E-state index contributed by atoms with van der Waals surface area (Å²) >= 11 is 0. The first-order valence-corrected chi connectivity index (χ1v) is 7.18. The van der Waals surface area contributed by atoms with Crippen LogP contribution in [-0.4, -0.2) is 50.8 Å². The molecule has 0 aromatic rings. The highest BCUT2D eigenvalue weighted by atomic mass is 16.5. The summed E-state index contributed by atoms with van der Waals surface area (Å²) < 4.78 is 5.25. The molecule has 0 aromatic carbocycles. The first kappa shape index (κ1) is 14.9. The molecule has 1 atom stereocenters. The van der Waals surface area contributed by atoms with Crippen LogP contribution in [0.15, 0.2) is 0 Å². The molecule has 1 N–H and O–H groups in total. The van der Waals surface area contributed by atoms with Crippen molar-refractivity contribution in [2.24, 2.45) is 5.92 Å². The van der Waals surface area contributed by atoms with Gasteiger partial charge in [-0.05, 0) is 31.8 Å². The quantitative estimate of drug-likeness (QED) is 0.740. The standard InChI is InChI=1S/C14H30N2O/c1-13(2)14(12-17-3)15-8-11-16-9-6-4-5-7-10-16/h13-15H,4-12H2,1-3H3. The van der Waals surface area contributed by atoms with Crippen LogP contribution in [0.3, 0.4) is 0 Å². The van der Waals surface area contributed by atoms with Crippen LogP contribution in [0, 0.1) is 5.92 Å². The number of ether oxygens (including phenoxy) is 1. The largest absolute Gasteiger partial charge is 0.383 e. The average molecular weight is 242 g/mol. The Kier molecular flexibility index (Phi) is 7.82. The van der Waals surface area contributed by atoms with Crippen molar-refractivity contribution in [1.29, 1.82) is 0 Å². The molecule has 1 aliphatic rings. The number of nitrogens with zero attached hydrogens (tertiary/aromatic N) is 1. The molecule has 0 radical (unpaired) electrons. The summed E-state index contributed by atoms with van der Waals surface area (Å²) in [4.78, 5) is 2.60. The second kappa shape index (κ2) is 8.90. The van der Waals surface area contributed by atoms with Crippen molar-refractivity contribution in [3.63, 3.8) is 0 Å². The van der Waals surface area contributed by atoms with Crippen LogP contribution >= 0.6 is 0 Å². The Balaban J connectivity index is 2.15. The topological polar surface area (TPSA) is 24.5 Å². The van der Waals surface area contributed by atoms with Crippen molar-refractivity contribution in [2.75, 3.05) is 39.9 Å². The zero-order valence-corrected chi connectivity index (χ0v) is 11.9. The molecule has 1 unspecified atom stereocenters. The third-order valence-corrected chi connectivity index (χ3v) is 3.68. The predicted octanol–water partition coefficient (Wildman–Crippen LogP) is 2.12. The number of nitrogens with one attached hydrogen (secondary N) is 1. The fraction of sp³-hybridized carbons (Fsp3) is 1.00. The Bertz CT molecular complexity index is 177. The highest BCUT2D eigenvalue weighted by Gasteiger charge is 2.13. The Morgan fingerprint density at radius 3 is 2.29 bits per heavy atom. The summed E-state index contributed by atoms with van der Waals surface area (Å²) in [6.45, 7) is 10.2. The van der Waals surface area contributed by atoms with E-state index >= 15 is 0 Å². The van der Waals surface area contributed by atoms with Crippen molar-refractivity contribution in [3.05, 3.63) is 0 Å². The predicted molar refractivity (Wildman–Crippen MR) is 73.4 cm³/mol. The minimum absolute atomic E-state index is 0.493. The molecule has 1 heterocycles. The molecule has 0 aliphatic carbocycles. The van der Waals surface area contributed by atoms with Gasteiger partial charge in [0, 0.05) is 26.2 Å². The van der Waals surface area contributed by atoms with E-state index in [2.05, 4.69) is 24.1 Å². The Morgan fingerprint density at radius 1 is 1.12 bits per heavy atom. The number of likely N-dealkylation sites (tertiary alicyclic amines) is 1. The van der Waals surface area contributed by atoms with E-state index in [4.69, 9.17) is 4.74 Å². The van der Waals surface area contributed by atoms with Gasteiger partial charge >= 0.3 is 0 Å². The summed E-state index contributed by atoms with van der Waals surface area (Å²) in [6.07, 6.45) is 5.60. The average Bonchev–Trinajstić information content (AvgIpc) is 2.56. The van der Waals surface area contributed by atoms with Crippen molar-refractivity contribution in [2.45, 2.75) is 45.6 Å². The van der Waals surface area contributed by atoms with Crippen LogP contribution in [0.2, 0.25) is 0 Å². The van der Waals surface area contributed by atoms with Gasteiger partial charge < -0.3 is 15.0 Å². The van der Waals surface area contributed by atoms with Gasteiger partial charge in [-0.1, -0.05) is 26.7 Å². The molecule has 0 aromatic heterocycles. The molecule has 3 heteroatoms.